The van der Waals surface area contributed by atoms with E-state index in [1.807, 2.05) is 21.5 Å². The van der Waals surface area contributed by atoms with Crippen molar-refractivity contribution < 1.29 is 9.59 Å². The van der Waals surface area contributed by atoms with Gasteiger partial charge in [-0.15, -0.1) is 0 Å². The molecule has 2 amide bonds. The van der Waals surface area contributed by atoms with E-state index in [9.17, 15) is 9.59 Å². The van der Waals surface area contributed by atoms with Crippen LogP contribution in [0.1, 0.15) is 79.5 Å². The molecule has 0 saturated carbocycles. The Morgan fingerprint density at radius 3 is 2.64 bits per heavy atom. The van der Waals surface area contributed by atoms with Crippen LogP contribution < -0.4 is 0 Å². The van der Waals surface area contributed by atoms with Crippen LogP contribution in [0.25, 0.3) is 0 Å². The molecule has 0 bridgehead atoms. The third-order valence-corrected chi connectivity index (χ3v) is 6.86. The van der Waals surface area contributed by atoms with Gasteiger partial charge in [-0.05, 0) is 57.3 Å². The lowest BCUT2D eigenvalue weighted by molar-refractivity contribution is -0.127. The molecule has 6 heteroatoms. The van der Waals surface area contributed by atoms with E-state index in [1.165, 1.54) is 36.9 Å². The molecule has 6 nitrogen and oxygen atoms in total. The van der Waals surface area contributed by atoms with Crippen molar-refractivity contribution in [3.8, 4) is 0 Å². The molecule has 2 aliphatic heterocycles. The van der Waals surface area contributed by atoms with E-state index in [4.69, 9.17) is 0 Å². The summed E-state index contributed by atoms with van der Waals surface area (Å²) in [7, 11) is 1.99. The normalized spacial score (nSPS) is 22.6. The summed E-state index contributed by atoms with van der Waals surface area (Å²) in [6.07, 6.45) is 11.9. The number of aryl methyl sites for hydroxylation is 1. The summed E-state index contributed by atoms with van der Waals surface area (Å²) in [5, 5.41) is 4.64. The Kier molecular flexibility index (Phi) is 6.02. The minimum atomic E-state index is 0.143. The first-order valence-corrected chi connectivity index (χ1v) is 11.3. The summed E-state index contributed by atoms with van der Waals surface area (Å²) >= 11 is 0. The number of rotatable bonds is 6. The predicted octanol–water partition coefficient (Wildman–Crippen LogP) is 2.94. The van der Waals surface area contributed by atoms with Crippen LogP contribution in [-0.4, -0.2) is 57.6 Å². The lowest BCUT2D eigenvalue weighted by Crippen LogP contribution is -2.36. The van der Waals surface area contributed by atoms with E-state index in [2.05, 4.69) is 5.10 Å². The van der Waals surface area contributed by atoms with E-state index < -0.39 is 0 Å². The molecule has 2 fully saturated rings. The van der Waals surface area contributed by atoms with Crippen molar-refractivity contribution in [2.75, 3.05) is 26.2 Å². The fourth-order valence-corrected chi connectivity index (χ4v) is 5.20. The fourth-order valence-electron chi connectivity index (χ4n) is 5.20. The average Bonchev–Trinajstić information content (AvgIpc) is 3.28. The SMILES string of the molecule is Cn1nc(C(=O)N2CCCCC2)c2c1CCC(CCCCN1CCCC1=O)C2. The highest BCUT2D eigenvalue weighted by molar-refractivity contribution is 5.94. The second kappa shape index (κ2) is 8.66. The monoisotopic (exact) mass is 386 g/mol. The van der Waals surface area contributed by atoms with Gasteiger partial charge in [-0.25, -0.2) is 0 Å². The largest absolute Gasteiger partial charge is 0.343 e. The molecule has 1 unspecified atom stereocenters. The van der Waals surface area contributed by atoms with Crippen molar-refractivity contribution in [3.05, 3.63) is 17.0 Å². The number of unbranched alkanes of at least 4 members (excludes halogenated alkanes) is 1. The third-order valence-electron chi connectivity index (χ3n) is 6.86. The van der Waals surface area contributed by atoms with Gasteiger partial charge in [0, 0.05) is 50.9 Å². The molecule has 1 aromatic rings. The lowest BCUT2D eigenvalue weighted by atomic mass is 9.83. The second-order valence-corrected chi connectivity index (χ2v) is 8.84. The molecular formula is C22H34N4O2. The van der Waals surface area contributed by atoms with Crippen molar-refractivity contribution in [3.63, 3.8) is 0 Å². The van der Waals surface area contributed by atoms with E-state index >= 15 is 0 Å². The maximum Gasteiger partial charge on any atom is 0.274 e. The zero-order valence-corrected chi connectivity index (χ0v) is 17.3. The lowest BCUT2D eigenvalue weighted by Gasteiger charge is -2.27. The van der Waals surface area contributed by atoms with Gasteiger partial charge in [-0.1, -0.05) is 12.8 Å². The van der Waals surface area contributed by atoms with Crippen LogP contribution in [0.15, 0.2) is 0 Å². The maximum absolute atomic E-state index is 13.0. The summed E-state index contributed by atoms with van der Waals surface area (Å²) in [6.45, 7) is 3.62. The first kappa shape index (κ1) is 19.5. The van der Waals surface area contributed by atoms with Crippen molar-refractivity contribution in [2.24, 2.45) is 13.0 Å². The molecule has 154 valence electrons. The highest BCUT2D eigenvalue weighted by atomic mass is 16.2. The molecule has 3 aliphatic rings. The van der Waals surface area contributed by atoms with Gasteiger partial charge in [0.05, 0.1) is 0 Å². The van der Waals surface area contributed by atoms with Crippen LogP contribution in [0.2, 0.25) is 0 Å². The molecule has 0 radical (unpaired) electrons. The molecule has 1 aliphatic carbocycles. The van der Waals surface area contributed by atoms with Gasteiger partial charge in [0.1, 0.15) is 0 Å². The molecule has 1 aromatic heterocycles. The number of nitrogens with zero attached hydrogens (tertiary/aromatic N) is 4. The number of likely N-dealkylation sites (tertiary alicyclic amines) is 2. The Hall–Kier alpha value is -1.85. The highest BCUT2D eigenvalue weighted by Gasteiger charge is 2.30. The van der Waals surface area contributed by atoms with Gasteiger partial charge in [0.25, 0.3) is 5.91 Å². The van der Waals surface area contributed by atoms with Crippen LogP contribution in [0.5, 0.6) is 0 Å². The van der Waals surface area contributed by atoms with Gasteiger partial charge in [0.2, 0.25) is 5.91 Å². The number of carbonyl (C=O) groups is 2. The number of hydrogen-bond acceptors (Lipinski definition) is 3. The summed E-state index contributed by atoms with van der Waals surface area (Å²) in [6, 6.07) is 0. The van der Waals surface area contributed by atoms with Gasteiger partial charge >= 0.3 is 0 Å². The van der Waals surface area contributed by atoms with Crippen LogP contribution in [0, 0.1) is 5.92 Å². The van der Waals surface area contributed by atoms with Crippen LogP contribution in [0.3, 0.4) is 0 Å². The Bertz CT molecular complexity index is 720. The number of piperidine rings is 1. The molecule has 0 aromatic carbocycles. The number of carbonyl (C=O) groups excluding carboxylic acids is 2. The molecule has 1 atom stereocenters. The quantitative estimate of drug-likeness (QED) is 0.706. The maximum atomic E-state index is 13.0. The first-order valence-electron chi connectivity index (χ1n) is 11.3. The van der Waals surface area contributed by atoms with Gasteiger partial charge < -0.3 is 9.80 Å². The zero-order chi connectivity index (χ0) is 19.5. The number of amides is 2. The molecule has 4 rings (SSSR count). The third kappa shape index (κ3) is 4.11. The van der Waals surface area contributed by atoms with E-state index in [0.29, 0.717) is 17.5 Å². The smallest absolute Gasteiger partial charge is 0.274 e. The average molecular weight is 387 g/mol. The molecule has 3 heterocycles. The van der Waals surface area contributed by atoms with Crippen molar-refractivity contribution in [1.29, 1.82) is 0 Å². The van der Waals surface area contributed by atoms with Crippen molar-refractivity contribution in [1.82, 2.24) is 19.6 Å². The molecule has 28 heavy (non-hydrogen) atoms. The van der Waals surface area contributed by atoms with Crippen LogP contribution >= 0.6 is 0 Å². The fraction of sp³-hybridized carbons (Fsp3) is 0.773. The van der Waals surface area contributed by atoms with Crippen LogP contribution in [0.4, 0.5) is 0 Å². The molecule has 2 saturated heterocycles. The first-order chi connectivity index (χ1) is 13.6. The highest BCUT2D eigenvalue weighted by Crippen LogP contribution is 2.31. The number of fused-ring (bicyclic) bond motifs is 1. The summed E-state index contributed by atoms with van der Waals surface area (Å²) in [4.78, 5) is 28.8. The van der Waals surface area contributed by atoms with E-state index in [0.717, 1.165) is 71.1 Å². The minimum Gasteiger partial charge on any atom is -0.343 e. The van der Waals surface area contributed by atoms with E-state index in [-0.39, 0.29) is 5.91 Å². The minimum absolute atomic E-state index is 0.143. The Morgan fingerprint density at radius 2 is 1.89 bits per heavy atom. The molecular weight excluding hydrogens is 352 g/mol. The number of aromatic nitrogens is 2. The molecule has 0 spiro atoms. The van der Waals surface area contributed by atoms with Crippen LogP contribution in [-0.2, 0) is 24.7 Å². The standard InChI is InChI=1S/C22H34N4O2/c1-24-19-11-10-17(8-3-6-12-25-15-7-9-20(25)27)16-18(19)21(23-24)22(28)26-13-4-2-5-14-26/h17H,2-16H2,1H3. The summed E-state index contributed by atoms with van der Waals surface area (Å²) in [5.74, 6) is 1.11. The predicted molar refractivity (Wildman–Crippen MR) is 108 cm³/mol. The summed E-state index contributed by atoms with van der Waals surface area (Å²) in [5.41, 5.74) is 3.19. The molecule has 0 N–H and O–H groups in total. The van der Waals surface area contributed by atoms with Gasteiger partial charge in [-0.3, -0.25) is 14.3 Å². The Labute approximate surface area is 168 Å². The van der Waals surface area contributed by atoms with Gasteiger partial charge in [0.15, 0.2) is 5.69 Å². The summed E-state index contributed by atoms with van der Waals surface area (Å²) < 4.78 is 1.95. The Morgan fingerprint density at radius 1 is 1.07 bits per heavy atom. The Balaban J connectivity index is 1.33. The van der Waals surface area contributed by atoms with Crippen molar-refractivity contribution >= 4 is 11.8 Å². The van der Waals surface area contributed by atoms with Crippen molar-refractivity contribution in [2.45, 2.75) is 70.6 Å². The second-order valence-electron chi connectivity index (χ2n) is 8.84. The zero-order valence-electron chi connectivity index (χ0n) is 17.3. The van der Waals surface area contributed by atoms with E-state index in [1.54, 1.807) is 0 Å². The number of hydrogen-bond donors (Lipinski definition) is 0. The topological polar surface area (TPSA) is 58.4 Å². The van der Waals surface area contributed by atoms with Gasteiger partial charge in [-0.2, -0.15) is 5.10 Å².